The second kappa shape index (κ2) is 6.63. The topological polar surface area (TPSA) is 70.0 Å². The van der Waals surface area contributed by atoms with Crippen LogP contribution in [0.15, 0.2) is 5.51 Å². The summed E-state index contributed by atoms with van der Waals surface area (Å²) < 4.78 is 10.6. The predicted molar refractivity (Wildman–Crippen MR) is 72.1 cm³/mol. The molecule has 2 aromatic rings. The molecule has 0 atom stereocenters. The van der Waals surface area contributed by atoms with Crippen LogP contribution in [0.4, 0.5) is 0 Å². The number of thiazole rings is 1. The molecule has 0 aliphatic carbocycles. The van der Waals surface area contributed by atoms with Crippen LogP contribution >= 0.6 is 22.9 Å². The molecule has 0 saturated carbocycles. The van der Waals surface area contributed by atoms with Crippen molar-refractivity contribution in [2.75, 3.05) is 13.2 Å². The third-order valence-electron chi connectivity index (χ3n) is 2.25. The van der Waals surface area contributed by atoms with E-state index in [0.717, 1.165) is 12.1 Å². The zero-order valence-corrected chi connectivity index (χ0v) is 12.2. The third kappa shape index (κ3) is 4.00. The molecule has 0 spiro atoms. The molecule has 0 saturated heterocycles. The molecule has 2 heterocycles. The Kier molecular flexibility index (Phi) is 4.86. The smallest absolute Gasteiger partial charge is 0.323 e. The van der Waals surface area contributed by atoms with Gasteiger partial charge in [-0.2, -0.15) is 9.97 Å². The first kappa shape index (κ1) is 14.0. The molecule has 19 heavy (non-hydrogen) atoms. The van der Waals surface area contributed by atoms with Crippen molar-refractivity contribution >= 4 is 22.9 Å². The van der Waals surface area contributed by atoms with Crippen molar-refractivity contribution in [1.29, 1.82) is 0 Å². The number of aryl methyl sites for hydroxylation is 1. The van der Waals surface area contributed by atoms with Crippen molar-refractivity contribution in [1.82, 2.24) is 19.9 Å². The van der Waals surface area contributed by atoms with E-state index in [-0.39, 0.29) is 17.3 Å². The number of halogens is 1. The van der Waals surface area contributed by atoms with Crippen LogP contribution in [0.2, 0.25) is 5.28 Å². The van der Waals surface area contributed by atoms with Crippen LogP contribution in [0.25, 0.3) is 0 Å². The minimum absolute atomic E-state index is 0.0578. The number of hydrogen-bond donors (Lipinski definition) is 0. The lowest BCUT2D eigenvalue weighted by Crippen LogP contribution is -2.07. The van der Waals surface area contributed by atoms with Crippen LogP contribution in [-0.2, 0) is 6.42 Å². The lowest BCUT2D eigenvalue weighted by Gasteiger charge is -2.05. The van der Waals surface area contributed by atoms with Gasteiger partial charge >= 0.3 is 12.0 Å². The summed E-state index contributed by atoms with van der Waals surface area (Å²) >= 11 is 7.36. The molecule has 6 nitrogen and oxygen atoms in total. The highest BCUT2D eigenvalue weighted by atomic mass is 35.5. The van der Waals surface area contributed by atoms with E-state index in [0.29, 0.717) is 13.2 Å². The third-order valence-corrected chi connectivity index (χ3v) is 3.41. The zero-order valence-electron chi connectivity index (χ0n) is 10.6. The Labute approximate surface area is 119 Å². The summed E-state index contributed by atoms with van der Waals surface area (Å²) in [7, 11) is 0. The average molecular weight is 301 g/mol. The predicted octanol–water partition coefficient (Wildman–Crippen LogP) is 2.31. The zero-order chi connectivity index (χ0) is 13.7. The van der Waals surface area contributed by atoms with Gasteiger partial charge in [0.05, 0.1) is 24.4 Å². The average Bonchev–Trinajstić information content (AvgIpc) is 2.75. The summed E-state index contributed by atoms with van der Waals surface area (Å²) in [5, 5.41) is 0.0578. The Hall–Kier alpha value is -1.47. The summed E-state index contributed by atoms with van der Waals surface area (Å²) in [5.74, 6) is 0. The fourth-order valence-electron chi connectivity index (χ4n) is 1.37. The normalized spacial score (nSPS) is 10.5. The van der Waals surface area contributed by atoms with E-state index >= 15 is 0 Å². The van der Waals surface area contributed by atoms with Crippen LogP contribution in [0, 0.1) is 6.92 Å². The molecule has 0 radical (unpaired) electrons. The van der Waals surface area contributed by atoms with Gasteiger partial charge in [0, 0.05) is 11.3 Å². The van der Waals surface area contributed by atoms with E-state index < -0.39 is 0 Å². The molecule has 0 unspecified atom stereocenters. The van der Waals surface area contributed by atoms with E-state index in [2.05, 4.69) is 19.9 Å². The monoisotopic (exact) mass is 300 g/mol. The Bertz CT molecular complexity index is 549. The molecule has 0 bridgehead atoms. The summed E-state index contributed by atoms with van der Waals surface area (Å²) in [6.45, 7) is 4.72. The largest absolute Gasteiger partial charge is 0.464 e. The van der Waals surface area contributed by atoms with Gasteiger partial charge in [-0.25, -0.2) is 4.98 Å². The molecule has 0 N–H and O–H groups in total. The number of nitrogens with zero attached hydrogens (tertiary/aromatic N) is 4. The van der Waals surface area contributed by atoms with Gasteiger partial charge in [0.25, 0.3) is 0 Å². The van der Waals surface area contributed by atoms with Crippen LogP contribution in [0.5, 0.6) is 12.0 Å². The summed E-state index contributed by atoms with van der Waals surface area (Å²) in [6, 6.07) is 0.345. The molecule has 0 aliphatic heterocycles. The Morgan fingerprint density at radius 2 is 1.95 bits per heavy atom. The summed E-state index contributed by atoms with van der Waals surface area (Å²) in [4.78, 5) is 17.1. The molecule has 2 aromatic heterocycles. The molecular weight excluding hydrogens is 288 g/mol. The van der Waals surface area contributed by atoms with Gasteiger partial charge in [0.15, 0.2) is 0 Å². The SMILES string of the molecule is CCOc1nc(Cl)nc(OCCc2scnc2C)n1. The molecule has 0 aliphatic rings. The quantitative estimate of drug-likeness (QED) is 0.815. The van der Waals surface area contributed by atoms with Crippen molar-refractivity contribution in [3.63, 3.8) is 0 Å². The Morgan fingerprint density at radius 3 is 2.58 bits per heavy atom. The van der Waals surface area contributed by atoms with Crippen molar-refractivity contribution < 1.29 is 9.47 Å². The van der Waals surface area contributed by atoms with Crippen molar-refractivity contribution in [2.24, 2.45) is 0 Å². The van der Waals surface area contributed by atoms with Crippen molar-refractivity contribution in [2.45, 2.75) is 20.3 Å². The maximum absolute atomic E-state index is 5.76. The lowest BCUT2D eigenvalue weighted by molar-refractivity contribution is 0.271. The number of aromatic nitrogens is 4. The number of hydrogen-bond acceptors (Lipinski definition) is 7. The molecule has 0 aromatic carbocycles. The van der Waals surface area contributed by atoms with Gasteiger partial charge in [0.1, 0.15) is 0 Å². The van der Waals surface area contributed by atoms with Gasteiger partial charge < -0.3 is 9.47 Å². The molecular formula is C11H13ClN4O2S. The molecule has 2 rings (SSSR count). The molecule has 0 amide bonds. The summed E-state index contributed by atoms with van der Waals surface area (Å²) in [5.41, 5.74) is 2.84. The highest BCUT2D eigenvalue weighted by molar-refractivity contribution is 7.09. The lowest BCUT2D eigenvalue weighted by atomic mass is 10.3. The highest BCUT2D eigenvalue weighted by Crippen LogP contribution is 2.15. The molecule has 102 valence electrons. The molecule has 8 heteroatoms. The van der Waals surface area contributed by atoms with Crippen LogP contribution in [-0.4, -0.2) is 33.1 Å². The van der Waals surface area contributed by atoms with E-state index in [1.54, 1.807) is 11.3 Å². The Morgan fingerprint density at radius 1 is 1.21 bits per heavy atom. The first-order valence-electron chi connectivity index (χ1n) is 5.75. The second-order valence-corrected chi connectivity index (χ2v) is 4.84. The van der Waals surface area contributed by atoms with Gasteiger partial charge in [0.2, 0.25) is 5.28 Å². The van der Waals surface area contributed by atoms with E-state index in [4.69, 9.17) is 21.1 Å². The minimum Gasteiger partial charge on any atom is -0.464 e. The first-order chi connectivity index (χ1) is 9.19. The minimum atomic E-state index is 0.0578. The highest BCUT2D eigenvalue weighted by Gasteiger charge is 2.08. The maximum atomic E-state index is 5.76. The van der Waals surface area contributed by atoms with Gasteiger partial charge in [-0.15, -0.1) is 16.3 Å². The van der Waals surface area contributed by atoms with Crippen molar-refractivity contribution in [3.05, 3.63) is 21.4 Å². The van der Waals surface area contributed by atoms with E-state index in [1.807, 2.05) is 19.4 Å². The van der Waals surface area contributed by atoms with Gasteiger partial charge in [-0.05, 0) is 25.4 Å². The fourth-order valence-corrected chi connectivity index (χ4v) is 2.28. The summed E-state index contributed by atoms with van der Waals surface area (Å²) in [6.07, 6.45) is 0.754. The maximum Gasteiger partial charge on any atom is 0.323 e. The van der Waals surface area contributed by atoms with E-state index in [1.165, 1.54) is 4.88 Å². The number of rotatable bonds is 6. The second-order valence-electron chi connectivity index (χ2n) is 3.56. The van der Waals surface area contributed by atoms with Gasteiger partial charge in [-0.1, -0.05) is 0 Å². The van der Waals surface area contributed by atoms with E-state index in [9.17, 15) is 0 Å². The fraction of sp³-hybridized carbons (Fsp3) is 0.455. The first-order valence-corrected chi connectivity index (χ1v) is 7.01. The molecule has 0 fully saturated rings. The van der Waals surface area contributed by atoms with Gasteiger partial charge in [-0.3, -0.25) is 0 Å². The van der Waals surface area contributed by atoms with Crippen molar-refractivity contribution in [3.8, 4) is 12.0 Å². The number of ether oxygens (including phenoxy) is 2. The Balaban J connectivity index is 1.94. The van der Waals surface area contributed by atoms with Crippen LogP contribution < -0.4 is 9.47 Å². The van der Waals surface area contributed by atoms with Crippen LogP contribution in [0.1, 0.15) is 17.5 Å². The van der Waals surface area contributed by atoms with Crippen LogP contribution in [0.3, 0.4) is 0 Å². The standard InChI is InChI=1S/C11H13ClN4O2S/c1-3-17-10-14-9(12)15-11(16-10)18-5-4-8-7(2)13-6-19-8/h6H,3-5H2,1-2H3.